The topological polar surface area (TPSA) is 116 Å². The number of nitrogens with zero attached hydrogens (tertiary/aromatic N) is 3. The summed E-state index contributed by atoms with van der Waals surface area (Å²) in [5, 5.41) is 27.5. The van der Waals surface area contributed by atoms with E-state index >= 15 is 0 Å². The molecule has 0 fully saturated rings. The van der Waals surface area contributed by atoms with Gasteiger partial charge in [-0.2, -0.15) is 0 Å². The van der Waals surface area contributed by atoms with Gasteiger partial charge in [-0.15, -0.1) is 10.2 Å². The molecule has 3 rings (SSSR count). The molecule has 3 aromatic rings. The molecule has 1 heterocycles. The minimum Gasteiger partial charge on any atom is -0.504 e. The van der Waals surface area contributed by atoms with Gasteiger partial charge >= 0.3 is 0 Å². The number of nitrogens with two attached hydrogens (primary N) is 1. The van der Waals surface area contributed by atoms with Crippen molar-refractivity contribution >= 4 is 0 Å². The Labute approximate surface area is 137 Å². The zero-order valence-electron chi connectivity index (χ0n) is 13.1. The second-order valence-electron chi connectivity index (χ2n) is 4.99. The van der Waals surface area contributed by atoms with Crippen molar-refractivity contribution in [1.29, 1.82) is 0 Å². The fourth-order valence-electron chi connectivity index (χ4n) is 2.32. The van der Waals surface area contributed by atoms with Crippen molar-refractivity contribution < 1.29 is 19.7 Å². The van der Waals surface area contributed by atoms with Gasteiger partial charge in [-0.1, -0.05) is 0 Å². The second-order valence-corrected chi connectivity index (χ2v) is 4.99. The van der Waals surface area contributed by atoms with E-state index in [1.165, 1.54) is 31.0 Å². The number of aromatic nitrogens is 3. The summed E-state index contributed by atoms with van der Waals surface area (Å²) in [6.45, 7) is 0. The van der Waals surface area contributed by atoms with Crippen LogP contribution in [0.1, 0.15) is 0 Å². The van der Waals surface area contributed by atoms with Crippen LogP contribution in [0.15, 0.2) is 36.4 Å². The lowest BCUT2D eigenvalue weighted by Gasteiger charge is -2.08. The first-order chi connectivity index (χ1) is 11.5. The number of phenolic OH excluding ortho intramolecular Hbond substituents is 2. The van der Waals surface area contributed by atoms with Gasteiger partial charge in [0.15, 0.2) is 34.6 Å². The highest BCUT2D eigenvalue weighted by Crippen LogP contribution is 2.33. The Morgan fingerprint density at radius 1 is 0.833 bits per heavy atom. The molecule has 0 unspecified atom stereocenters. The summed E-state index contributed by atoms with van der Waals surface area (Å²) in [6, 6.07) is 9.53. The van der Waals surface area contributed by atoms with Crippen LogP contribution < -0.4 is 15.3 Å². The Kier molecular flexibility index (Phi) is 3.87. The molecule has 0 saturated heterocycles. The third-order valence-corrected chi connectivity index (χ3v) is 3.57. The Morgan fingerprint density at radius 3 is 1.62 bits per heavy atom. The zero-order valence-corrected chi connectivity index (χ0v) is 13.1. The van der Waals surface area contributed by atoms with Crippen LogP contribution in [0, 0.1) is 0 Å². The lowest BCUT2D eigenvalue weighted by atomic mass is 10.1. The molecule has 4 N–H and O–H groups in total. The number of benzene rings is 2. The SMILES string of the molecule is COc1cc(-c2nnc(-c3ccc(O)c(OC)c3)n2N)ccc1O. The maximum Gasteiger partial charge on any atom is 0.182 e. The molecular formula is C16H16N4O4. The molecule has 0 radical (unpaired) electrons. The van der Waals surface area contributed by atoms with Crippen molar-refractivity contribution in [2.24, 2.45) is 0 Å². The molecular weight excluding hydrogens is 312 g/mol. The molecule has 0 spiro atoms. The average Bonchev–Trinajstić information content (AvgIpc) is 2.97. The Hall–Kier alpha value is -3.42. The fourth-order valence-corrected chi connectivity index (χ4v) is 2.32. The summed E-state index contributed by atoms with van der Waals surface area (Å²) in [6.07, 6.45) is 0. The molecule has 0 atom stereocenters. The average molecular weight is 328 g/mol. The number of nitrogen functional groups attached to an aromatic ring is 1. The first-order valence-electron chi connectivity index (χ1n) is 7.00. The number of phenols is 2. The molecule has 8 nitrogen and oxygen atoms in total. The van der Waals surface area contributed by atoms with Crippen LogP contribution >= 0.6 is 0 Å². The highest BCUT2D eigenvalue weighted by atomic mass is 16.5. The maximum atomic E-state index is 9.68. The van der Waals surface area contributed by atoms with E-state index < -0.39 is 0 Å². The quantitative estimate of drug-likeness (QED) is 0.625. The molecule has 0 aliphatic heterocycles. The molecule has 1 aromatic heterocycles. The van der Waals surface area contributed by atoms with Gasteiger partial charge in [-0.25, -0.2) is 4.68 Å². The molecule has 0 saturated carbocycles. The molecule has 24 heavy (non-hydrogen) atoms. The largest absolute Gasteiger partial charge is 0.504 e. The molecule has 8 heteroatoms. The van der Waals surface area contributed by atoms with Crippen molar-refractivity contribution in [2.75, 3.05) is 20.1 Å². The summed E-state index contributed by atoms with van der Waals surface area (Å²) in [4.78, 5) is 0. The van der Waals surface area contributed by atoms with Crippen LogP contribution in [0.3, 0.4) is 0 Å². The lowest BCUT2D eigenvalue weighted by Crippen LogP contribution is -2.12. The summed E-state index contributed by atoms with van der Waals surface area (Å²) < 4.78 is 11.5. The van der Waals surface area contributed by atoms with Gasteiger partial charge in [0.1, 0.15) is 0 Å². The van der Waals surface area contributed by atoms with Crippen molar-refractivity contribution in [3.05, 3.63) is 36.4 Å². The third-order valence-electron chi connectivity index (χ3n) is 3.57. The molecule has 0 bridgehead atoms. The lowest BCUT2D eigenvalue weighted by molar-refractivity contribution is 0.373. The zero-order chi connectivity index (χ0) is 17.3. The molecule has 0 aliphatic carbocycles. The third kappa shape index (κ3) is 2.54. The molecule has 0 amide bonds. The van der Waals surface area contributed by atoms with E-state index in [2.05, 4.69) is 10.2 Å². The van der Waals surface area contributed by atoms with Crippen molar-refractivity contribution in [3.63, 3.8) is 0 Å². The van der Waals surface area contributed by atoms with E-state index in [1.807, 2.05) is 0 Å². The fraction of sp³-hybridized carbons (Fsp3) is 0.125. The van der Waals surface area contributed by atoms with E-state index in [1.54, 1.807) is 24.3 Å². The number of ether oxygens (including phenoxy) is 2. The molecule has 2 aromatic carbocycles. The maximum absolute atomic E-state index is 9.68. The van der Waals surface area contributed by atoms with Crippen LogP contribution in [0.25, 0.3) is 22.8 Å². The van der Waals surface area contributed by atoms with E-state index in [9.17, 15) is 10.2 Å². The van der Waals surface area contributed by atoms with E-state index in [-0.39, 0.29) is 11.5 Å². The highest BCUT2D eigenvalue weighted by molar-refractivity contribution is 5.67. The Balaban J connectivity index is 2.06. The Bertz CT molecular complexity index is 821. The number of aromatic hydroxyl groups is 2. The molecule has 124 valence electrons. The second kappa shape index (κ2) is 5.99. The predicted octanol–water partition coefficient (Wildman–Crippen LogP) is 1.75. The summed E-state index contributed by atoms with van der Waals surface area (Å²) >= 11 is 0. The smallest absolute Gasteiger partial charge is 0.182 e. The van der Waals surface area contributed by atoms with Gasteiger partial charge in [-0.3, -0.25) is 0 Å². The van der Waals surface area contributed by atoms with Crippen LogP contribution in [-0.2, 0) is 0 Å². The minimum atomic E-state index is 0.0211. The van der Waals surface area contributed by atoms with E-state index in [0.717, 1.165) is 0 Å². The van der Waals surface area contributed by atoms with Crippen LogP contribution in [-0.4, -0.2) is 39.3 Å². The summed E-state index contributed by atoms with van der Waals surface area (Å²) in [5.74, 6) is 7.57. The van der Waals surface area contributed by atoms with Crippen molar-refractivity contribution in [3.8, 4) is 45.8 Å². The monoisotopic (exact) mass is 328 g/mol. The summed E-state index contributed by atoms with van der Waals surface area (Å²) in [7, 11) is 2.92. The van der Waals surface area contributed by atoms with Crippen LogP contribution in [0.4, 0.5) is 0 Å². The van der Waals surface area contributed by atoms with Gasteiger partial charge in [0, 0.05) is 11.1 Å². The van der Waals surface area contributed by atoms with Gasteiger partial charge in [0.05, 0.1) is 14.2 Å². The number of rotatable bonds is 4. The highest BCUT2D eigenvalue weighted by Gasteiger charge is 2.16. The summed E-state index contributed by atoms with van der Waals surface area (Å²) in [5.41, 5.74) is 1.27. The standard InChI is InChI=1S/C16H16N4O4/c1-23-13-7-9(3-5-11(13)21)15-18-19-16(20(15)17)10-4-6-12(22)14(8-10)24-2/h3-8,21-22H,17H2,1-2H3. The van der Waals surface area contributed by atoms with Crippen LogP contribution in [0.5, 0.6) is 23.0 Å². The minimum absolute atomic E-state index is 0.0211. The van der Waals surface area contributed by atoms with Gasteiger partial charge in [0.2, 0.25) is 0 Å². The van der Waals surface area contributed by atoms with Gasteiger partial charge < -0.3 is 25.5 Å². The normalized spacial score (nSPS) is 10.6. The predicted molar refractivity (Wildman–Crippen MR) is 87.5 cm³/mol. The van der Waals surface area contributed by atoms with Crippen LogP contribution in [0.2, 0.25) is 0 Å². The first kappa shape index (κ1) is 15.5. The van der Waals surface area contributed by atoms with Crippen molar-refractivity contribution in [1.82, 2.24) is 14.9 Å². The number of hydrogen-bond donors (Lipinski definition) is 3. The Morgan fingerprint density at radius 2 is 1.25 bits per heavy atom. The number of hydrogen-bond acceptors (Lipinski definition) is 7. The first-order valence-corrected chi connectivity index (χ1v) is 7.00. The van der Waals surface area contributed by atoms with E-state index in [0.29, 0.717) is 34.3 Å². The van der Waals surface area contributed by atoms with E-state index in [4.69, 9.17) is 15.3 Å². The van der Waals surface area contributed by atoms with Gasteiger partial charge in [-0.05, 0) is 36.4 Å². The van der Waals surface area contributed by atoms with Gasteiger partial charge in [0.25, 0.3) is 0 Å². The molecule has 0 aliphatic rings. The van der Waals surface area contributed by atoms with Crippen molar-refractivity contribution in [2.45, 2.75) is 0 Å². The number of methoxy groups -OCH3 is 2.